The maximum Gasteiger partial charge on any atom is 0.422 e. The third-order valence-corrected chi connectivity index (χ3v) is 3.37. The zero-order valence-electron chi connectivity index (χ0n) is 17.5. The van der Waals surface area contributed by atoms with Crippen LogP contribution in [0.25, 0.3) is 0 Å². The number of aliphatic hydroxyl groups is 1. The number of nitrogens with one attached hydrogen (secondary N) is 3. The third-order valence-electron chi connectivity index (χ3n) is 3.37. The van der Waals surface area contributed by atoms with Crippen LogP contribution in [-0.4, -0.2) is 47.2 Å². The quantitative estimate of drug-likeness (QED) is 0.528. The number of alkyl carbamates (subject to hydrolysis) is 1. The zero-order valence-corrected chi connectivity index (χ0v) is 17.5. The Hall–Kier alpha value is -2.32. The average molecular weight is 396 g/mol. The molecule has 0 bridgehead atoms. The van der Waals surface area contributed by atoms with E-state index in [1.165, 1.54) is 0 Å². The molecule has 28 heavy (non-hydrogen) atoms. The summed E-state index contributed by atoms with van der Waals surface area (Å²) < 4.78 is 10.4. The lowest BCUT2D eigenvalue weighted by atomic mass is 10.0. The van der Waals surface area contributed by atoms with Crippen LogP contribution in [0.4, 0.5) is 9.59 Å². The number of rotatable bonds is 7. The smallest absolute Gasteiger partial charge is 0.422 e. The Kier molecular flexibility index (Phi) is 8.71. The average Bonchev–Trinajstić information content (AvgIpc) is 2.51. The topological polar surface area (TPSA) is 109 Å². The molecule has 2 amide bonds. The molecule has 8 heteroatoms. The van der Waals surface area contributed by atoms with Crippen molar-refractivity contribution >= 4 is 12.2 Å². The molecular weight excluding hydrogens is 362 g/mol. The number of carbonyl (C=O) groups excluding carboxylic acids is 2. The first kappa shape index (κ1) is 23.7. The highest BCUT2D eigenvalue weighted by molar-refractivity contribution is 5.68. The van der Waals surface area contributed by atoms with Crippen molar-refractivity contribution in [1.82, 2.24) is 16.2 Å². The van der Waals surface area contributed by atoms with Crippen molar-refractivity contribution in [3.05, 3.63) is 35.9 Å². The van der Waals surface area contributed by atoms with Gasteiger partial charge in [-0.3, -0.25) is 5.43 Å². The Morgan fingerprint density at radius 1 is 0.964 bits per heavy atom. The van der Waals surface area contributed by atoms with Crippen LogP contribution < -0.4 is 16.2 Å². The fourth-order valence-corrected chi connectivity index (χ4v) is 2.28. The molecule has 0 aliphatic heterocycles. The molecule has 0 fully saturated rings. The summed E-state index contributed by atoms with van der Waals surface area (Å²) in [6, 6.07) is 8.85. The van der Waals surface area contributed by atoms with Gasteiger partial charge < -0.3 is 19.9 Å². The minimum Gasteiger partial charge on any atom is -0.444 e. The number of amides is 2. The molecule has 0 heterocycles. The van der Waals surface area contributed by atoms with Gasteiger partial charge in [-0.25, -0.2) is 15.0 Å². The SMILES string of the molecule is CC(C)(C)OC(=O)NNC[C@H](O)[C@H](Cc1ccccc1)NC(=O)OC(C)(C)C. The highest BCUT2D eigenvalue weighted by atomic mass is 16.6. The minimum absolute atomic E-state index is 0.00649. The summed E-state index contributed by atoms with van der Waals surface area (Å²) in [6.45, 7) is 10.6. The van der Waals surface area contributed by atoms with Crippen LogP contribution in [0, 0.1) is 0 Å². The van der Waals surface area contributed by atoms with Gasteiger partial charge in [-0.15, -0.1) is 0 Å². The maximum atomic E-state index is 12.1. The van der Waals surface area contributed by atoms with Crippen molar-refractivity contribution in [3.8, 4) is 0 Å². The van der Waals surface area contributed by atoms with Crippen LogP contribution in [-0.2, 0) is 15.9 Å². The molecule has 1 rings (SSSR count). The van der Waals surface area contributed by atoms with Gasteiger partial charge in [-0.2, -0.15) is 0 Å². The van der Waals surface area contributed by atoms with Crippen molar-refractivity contribution in [3.63, 3.8) is 0 Å². The molecule has 158 valence electrons. The molecule has 8 nitrogen and oxygen atoms in total. The molecule has 0 radical (unpaired) electrons. The lowest BCUT2D eigenvalue weighted by Gasteiger charge is -2.27. The fraction of sp³-hybridized carbons (Fsp3) is 0.600. The summed E-state index contributed by atoms with van der Waals surface area (Å²) in [5.74, 6) is 0. The lowest BCUT2D eigenvalue weighted by Crippen LogP contribution is -2.52. The number of aliphatic hydroxyl groups excluding tert-OH is 1. The second-order valence-corrected chi connectivity index (χ2v) is 8.52. The van der Waals surface area contributed by atoms with E-state index in [1.54, 1.807) is 41.5 Å². The normalized spacial score (nSPS) is 14.0. The Morgan fingerprint density at radius 2 is 1.50 bits per heavy atom. The maximum absolute atomic E-state index is 12.1. The highest BCUT2D eigenvalue weighted by Crippen LogP contribution is 2.10. The molecule has 4 N–H and O–H groups in total. The van der Waals surface area contributed by atoms with E-state index in [9.17, 15) is 14.7 Å². The van der Waals surface area contributed by atoms with Crippen LogP contribution in [0.15, 0.2) is 30.3 Å². The van der Waals surface area contributed by atoms with Crippen molar-refractivity contribution in [1.29, 1.82) is 0 Å². The Balaban J connectivity index is 2.66. The predicted molar refractivity (Wildman–Crippen MR) is 107 cm³/mol. The molecule has 0 unspecified atom stereocenters. The molecule has 1 aromatic rings. The number of hydrogen-bond acceptors (Lipinski definition) is 6. The summed E-state index contributed by atoms with van der Waals surface area (Å²) in [6.07, 6.45) is -1.86. The first-order chi connectivity index (χ1) is 12.9. The van der Waals surface area contributed by atoms with Crippen molar-refractivity contribution < 1.29 is 24.2 Å². The number of hydrazine groups is 1. The summed E-state index contributed by atoms with van der Waals surface area (Å²) in [7, 11) is 0. The van der Waals surface area contributed by atoms with Gasteiger partial charge in [0.15, 0.2) is 0 Å². The third kappa shape index (κ3) is 10.7. The summed E-state index contributed by atoms with van der Waals surface area (Å²) >= 11 is 0. The second kappa shape index (κ2) is 10.3. The van der Waals surface area contributed by atoms with E-state index in [4.69, 9.17) is 9.47 Å². The number of benzene rings is 1. The Bertz CT molecular complexity index is 623. The molecule has 0 saturated heterocycles. The van der Waals surface area contributed by atoms with E-state index in [2.05, 4.69) is 16.2 Å². The van der Waals surface area contributed by atoms with Crippen LogP contribution in [0.1, 0.15) is 47.1 Å². The van der Waals surface area contributed by atoms with E-state index >= 15 is 0 Å². The number of carbonyl (C=O) groups is 2. The van der Waals surface area contributed by atoms with Gasteiger partial charge in [0.05, 0.1) is 12.1 Å². The first-order valence-corrected chi connectivity index (χ1v) is 9.29. The van der Waals surface area contributed by atoms with Crippen molar-refractivity contribution in [2.24, 2.45) is 0 Å². The van der Waals surface area contributed by atoms with Gasteiger partial charge in [-0.05, 0) is 53.5 Å². The molecular formula is C20H33N3O5. The molecule has 0 aliphatic rings. The molecule has 0 aliphatic carbocycles. The monoisotopic (exact) mass is 395 g/mol. The largest absolute Gasteiger partial charge is 0.444 e. The molecule has 0 saturated carbocycles. The van der Waals surface area contributed by atoms with Crippen molar-refractivity contribution in [2.75, 3.05) is 6.54 Å². The van der Waals surface area contributed by atoms with Gasteiger partial charge in [0.1, 0.15) is 11.2 Å². The van der Waals surface area contributed by atoms with Crippen molar-refractivity contribution in [2.45, 2.75) is 71.3 Å². The van der Waals surface area contributed by atoms with E-state index in [0.29, 0.717) is 6.42 Å². The standard InChI is InChI=1S/C20H33N3O5/c1-19(2,3)27-17(25)22-15(12-14-10-8-7-9-11-14)16(24)13-21-23-18(26)28-20(4,5)6/h7-11,15-16,21,24H,12-13H2,1-6H3,(H,22,25)(H,23,26)/t15-,16-/m0/s1. The van der Waals surface area contributed by atoms with E-state index in [-0.39, 0.29) is 6.54 Å². The van der Waals surface area contributed by atoms with E-state index in [0.717, 1.165) is 5.56 Å². The molecule has 0 spiro atoms. The summed E-state index contributed by atoms with van der Waals surface area (Å²) in [5.41, 5.74) is 4.66. The van der Waals surface area contributed by atoms with Gasteiger partial charge in [-0.1, -0.05) is 30.3 Å². The number of hydrogen-bond donors (Lipinski definition) is 4. The van der Waals surface area contributed by atoms with Gasteiger partial charge >= 0.3 is 12.2 Å². The van der Waals surface area contributed by atoms with Crippen LogP contribution in [0.2, 0.25) is 0 Å². The summed E-state index contributed by atoms with van der Waals surface area (Å²) in [4.78, 5) is 23.8. The Labute approximate surface area is 167 Å². The Morgan fingerprint density at radius 3 is 2.04 bits per heavy atom. The summed E-state index contributed by atoms with van der Waals surface area (Å²) in [5, 5.41) is 13.2. The molecule has 0 aromatic heterocycles. The predicted octanol–water partition coefficient (Wildman–Crippen LogP) is 2.51. The second-order valence-electron chi connectivity index (χ2n) is 8.52. The fourth-order valence-electron chi connectivity index (χ4n) is 2.28. The van der Waals surface area contributed by atoms with Gasteiger partial charge in [0, 0.05) is 6.54 Å². The van der Waals surface area contributed by atoms with E-state index < -0.39 is 35.5 Å². The highest BCUT2D eigenvalue weighted by Gasteiger charge is 2.25. The number of ether oxygens (including phenoxy) is 2. The van der Waals surface area contributed by atoms with Gasteiger partial charge in [0.25, 0.3) is 0 Å². The van der Waals surface area contributed by atoms with Crippen LogP contribution in [0.5, 0.6) is 0 Å². The van der Waals surface area contributed by atoms with E-state index in [1.807, 2.05) is 30.3 Å². The zero-order chi connectivity index (χ0) is 21.4. The van der Waals surface area contributed by atoms with Crippen LogP contribution >= 0.6 is 0 Å². The van der Waals surface area contributed by atoms with Crippen LogP contribution in [0.3, 0.4) is 0 Å². The minimum atomic E-state index is -0.984. The van der Waals surface area contributed by atoms with Gasteiger partial charge in [0.2, 0.25) is 0 Å². The lowest BCUT2D eigenvalue weighted by molar-refractivity contribution is 0.0386. The molecule has 1 aromatic carbocycles. The first-order valence-electron chi connectivity index (χ1n) is 9.29. The molecule has 2 atom stereocenters.